The molecule has 7 nitrogen and oxygen atoms in total. The highest BCUT2D eigenvalue weighted by molar-refractivity contribution is 5.36. The van der Waals surface area contributed by atoms with Gasteiger partial charge in [-0.25, -0.2) is 15.0 Å². The van der Waals surface area contributed by atoms with Gasteiger partial charge in [-0.2, -0.15) is 0 Å². The summed E-state index contributed by atoms with van der Waals surface area (Å²) in [4.78, 5) is 12.6. The Hall–Kier alpha value is -2.25. The number of hydrogen-bond acceptors (Lipinski definition) is 7. The summed E-state index contributed by atoms with van der Waals surface area (Å²) in [6.45, 7) is 1.68. The van der Waals surface area contributed by atoms with E-state index in [-0.39, 0.29) is 12.1 Å². The van der Waals surface area contributed by atoms with E-state index in [1.54, 1.807) is 13.3 Å². The summed E-state index contributed by atoms with van der Waals surface area (Å²) >= 11 is 0. The molecule has 1 aliphatic rings. The topological polar surface area (TPSA) is 78.4 Å². The van der Waals surface area contributed by atoms with E-state index in [1.165, 1.54) is 6.33 Å². The molecule has 1 fully saturated rings. The van der Waals surface area contributed by atoms with Crippen LogP contribution in [0, 0.1) is 0 Å². The van der Waals surface area contributed by atoms with Gasteiger partial charge in [-0.3, -0.25) is 0 Å². The molecular formula is C16H20N4O3. The molecule has 0 bridgehead atoms. The molecule has 0 spiro atoms. The first-order valence-electron chi connectivity index (χ1n) is 7.57. The normalized spacial score (nSPS) is 20.9. The monoisotopic (exact) mass is 316 g/mol. The van der Waals surface area contributed by atoms with Crippen molar-refractivity contribution in [1.29, 1.82) is 0 Å². The molecule has 1 saturated heterocycles. The molecule has 3 rings (SSSR count). The SMILES string of the molecule is COCc1cc(N[C@@H]2COCC[C@H]2Oc2ccccn2)ncn1. The van der Waals surface area contributed by atoms with E-state index in [2.05, 4.69) is 20.3 Å². The average molecular weight is 316 g/mol. The molecule has 1 aliphatic heterocycles. The Kier molecular flexibility index (Phi) is 5.33. The third-order valence-corrected chi connectivity index (χ3v) is 3.55. The van der Waals surface area contributed by atoms with E-state index in [9.17, 15) is 0 Å². The van der Waals surface area contributed by atoms with Crippen molar-refractivity contribution in [3.8, 4) is 5.88 Å². The molecule has 122 valence electrons. The van der Waals surface area contributed by atoms with Gasteiger partial charge in [-0.15, -0.1) is 0 Å². The van der Waals surface area contributed by atoms with Crippen molar-refractivity contribution in [1.82, 2.24) is 15.0 Å². The Morgan fingerprint density at radius 3 is 3.09 bits per heavy atom. The Balaban J connectivity index is 1.67. The van der Waals surface area contributed by atoms with Gasteiger partial charge in [0, 0.05) is 31.9 Å². The van der Waals surface area contributed by atoms with Gasteiger partial charge in [0.25, 0.3) is 0 Å². The summed E-state index contributed by atoms with van der Waals surface area (Å²) in [5.74, 6) is 1.35. The second kappa shape index (κ2) is 7.85. The maximum absolute atomic E-state index is 6.00. The van der Waals surface area contributed by atoms with Crippen LogP contribution in [-0.4, -0.2) is 47.4 Å². The third kappa shape index (κ3) is 4.37. The smallest absolute Gasteiger partial charge is 0.213 e. The highest BCUT2D eigenvalue weighted by atomic mass is 16.5. The first-order chi connectivity index (χ1) is 11.3. The standard InChI is InChI=1S/C16H20N4O3/c1-21-9-12-8-15(19-11-18-12)20-13-10-22-7-5-14(13)23-16-4-2-3-6-17-16/h2-4,6,8,11,13-14H,5,7,9-10H2,1H3,(H,18,19,20)/t13-,14-/m1/s1. The van der Waals surface area contributed by atoms with Gasteiger partial charge in [0.05, 0.1) is 31.6 Å². The van der Waals surface area contributed by atoms with E-state index < -0.39 is 0 Å². The van der Waals surface area contributed by atoms with Crippen LogP contribution in [0.2, 0.25) is 0 Å². The van der Waals surface area contributed by atoms with Crippen LogP contribution in [0.25, 0.3) is 0 Å². The van der Waals surface area contributed by atoms with Crippen LogP contribution in [0.3, 0.4) is 0 Å². The lowest BCUT2D eigenvalue weighted by Crippen LogP contribution is -2.46. The predicted octanol–water partition coefficient (Wildman–Crippen LogP) is 1.67. The zero-order valence-corrected chi connectivity index (χ0v) is 13.0. The fraction of sp³-hybridized carbons (Fsp3) is 0.438. The summed E-state index contributed by atoms with van der Waals surface area (Å²) in [5, 5.41) is 3.37. The molecule has 0 amide bonds. The molecule has 1 N–H and O–H groups in total. The number of pyridine rings is 1. The van der Waals surface area contributed by atoms with Gasteiger partial charge >= 0.3 is 0 Å². The highest BCUT2D eigenvalue weighted by Crippen LogP contribution is 2.19. The molecule has 23 heavy (non-hydrogen) atoms. The molecule has 0 saturated carbocycles. The Morgan fingerprint density at radius 1 is 1.30 bits per heavy atom. The van der Waals surface area contributed by atoms with E-state index in [0.717, 1.165) is 17.9 Å². The zero-order chi connectivity index (χ0) is 15.9. The van der Waals surface area contributed by atoms with E-state index in [4.69, 9.17) is 14.2 Å². The number of anilines is 1. The van der Waals surface area contributed by atoms with Crippen molar-refractivity contribution < 1.29 is 14.2 Å². The van der Waals surface area contributed by atoms with Gasteiger partial charge in [0.2, 0.25) is 5.88 Å². The first-order valence-corrected chi connectivity index (χ1v) is 7.57. The second-order valence-electron chi connectivity index (χ2n) is 5.27. The number of nitrogens with zero attached hydrogens (tertiary/aromatic N) is 3. The second-order valence-corrected chi connectivity index (χ2v) is 5.27. The molecule has 2 aromatic rings. The van der Waals surface area contributed by atoms with Gasteiger partial charge in [-0.1, -0.05) is 6.07 Å². The minimum absolute atomic E-state index is 0.00366. The Morgan fingerprint density at radius 2 is 2.26 bits per heavy atom. The van der Waals surface area contributed by atoms with Crippen molar-refractivity contribution >= 4 is 5.82 Å². The molecule has 2 aromatic heterocycles. The van der Waals surface area contributed by atoms with Crippen molar-refractivity contribution in [2.24, 2.45) is 0 Å². The van der Waals surface area contributed by atoms with Crippen LogP contribution < -0.4 is 10.1 Å². The Bertz CT molecular complexity index is 611. The fourth-order valence-electron chi connectivity index (χ4n) is 2.46. The lowest BCUT2D eigenvalue weighted by atomic mass is 10.1. The van der Waals surface area contributed by atoms with E-state index >= 15 is 0 Å². The summed E-state index contributed by atoms with van der Waals surface area (Å²) in [7, 11) is 1.64. The number of hydrogen-bond donors (Lipinski definition) is 1. The van der Waals surface area contributed by atoms with Crippen LogP contribution in [0.4, 0.5) is 5.82 Å². The largest absolute Gasteiger partial charge is 0.472 e. The summed E-state index contributed by atoms with van der Waals surface area (Å²) in [5.41, 5.74) is 0.823. The van der Waals surface area contributed by atoms with Crippen molar-refractivity contribution in [3.63, 3.8) is 0 Å². The molecule has 7 heteroatoms. The van der Waals surface area contributed by atoms with Gasteiger partial charge in [0.1, 0.15) is 18.2 Å². The fourth-order valence-corrected chi connectivity index (χ4v) is 2.46. The van der Waals surface area contributed by atoms with Crippen molar-refractivity contribution in [2.45, 2.75) is 25.2 Å². The van der Waals surface area contributed by atoms with Crippen LogP contribution in [-0.2, 0) is 16.1 Å². The number of ether oxygens (including phenoxy) is 3. The lowest BCUT2D eigenvalue weighted by molar-refractivity contribution is 0.0129. The molecule has 0 radical (unpaired) electrons. The summed E-state index contributed by atoms with van der Waals surface area (Å²) in [6, 6.07) is 7.50. The van der Waals surface area contributed by atoms with E-state index in [0.29, 0.717) is 25.7 Å². The quantitative estimate of drug-likeness (QED) is 0.868. The van der Waals surface area contributed by atoms with Crippen molar-refractivity contribution in [3.05, 3.63) is 42.5 Å². The van der Waals surface area contributed by atoms with Crippen LogP contribution >= 0.6 is 0 Å². The number of aromatic nitrogens is 3. The molecule has 0 aliphatic carbocycles. The van der Waals surface area contributed by atoms with Gasteiger partial charge in [-0.05, 0) is 6.07 Å². The van der Waals surface area contributed by atoms with Crippen LogP contribution in [0.5, 0.6) is 5.88 Å². The predicted molar refractivity (Wildman–Crippen MR) is 84.2 cm³/mol. The molecule has 0 aromatic carbocycles. The molecular weight excluding hydrogens is 296 g/mol. The minimum Gasteiger partial charge on any atom is -0.472 e. The minimum atomic E-state index is -0.0282. The van der Waals surface area contributed by atoms with Crippen LogP contribution in [0.1, 0.15) is 12.1 Å². The van der Waals surface area contributed by atoms with Crippen LogP contribution in [0.15, 0.2) is 36.8 Å². The maximum atomic E-state index is 6.00. The number of methoxy groups -OCH3 is 1. The van der Waals surface area contributed by atoms with Gasteiger partial charge < -0.3 is 19.5 Å². The molecule has 2 atom stereocenters. The lowest BCUT2D eigenvalue weighted by Gasteiger charge is -2.32. The number of rotatable bonds is 6. The maximum Gasteiger partial charge on any atom is 0.213 e. The summed E-state index contributed by atoms with van der Waals surface area (Å²) < 4.78 is 16.7. The van der Waals surface area contributed by atoms with Gasteiger partial charge in [0.15, 0.2) is 0 Å². The average Bonchev–Trinajstić information content (AvgIpc) is 2.58. The molecule has 0 unspecified atom stereocenters. The Labute approximate surface area is 135 Å². The third-order valence-electron chi connectivity index (χ3n) is 3.55. The zero-order valence-electron chi connectivity index (χ0n) is 13.0. The highest BCUT2D eigenvalue weighted by Gasteiger charge is 2.28. The summed E-state index contributed by atoms with van der Waals surface area (Å²) in [6.07, 6.45) is 4.01. The van der Waals surface area contributed by atoms with Crippen molar-refractivity contribution in [2.75, 3.05) is 25.6 Å². The molecule has 3 heterocycles. The van der Waals surface area contributed by atoms with E-state index in [1.807, 2.05) is 24.3 Å². The number of nitrogens with one attached hydrogen (secondary N) is 1. The first kappa shape index (κ1) is 15.6.